The van der Waals surface area contributed by atoms with Crippen molar-refractivity contribution in [1.29, 1.82) is 0 Å². The van der Waals surface area contributed by atoms with Gasteiger partial charge in [0.1, 0.15) is 5.76 Å². The summed E-state index contributed by atoms with van der Waals surface area (Å²) in [6.07, 6.45) is 6.42. The van der Waals surface area contributed by atoms with Crippen LogP contribution in [0.2, 0.25) is 0 Å². The third-order valence-electron chi connectivity index (χ3n) is 4.11. The van der Waals surface area contributed by atoms with Crippen LogP contribution in [-0.4, -0.2) is 36.2 Å². The number of nitrogens with one attached hydrogen (secondary N) is 2. The molecule has 4 aromatic rings. The summed E-state index contributed by atoms with van der Waals surface area (Å²) in [5.74, 6) is -0.308. The van der Waals surface area contributed by atoms with Crippen LogP contribution >= 0.6 is 15.9 Å². The van der Waals surface area contributed by atoms with Crippen molar-refractivity contribution >= 4 is 39.1 Å². The molecule has 4 aromatic heterocycles. The Hall–Kier alpha value is -3.47. The Balaban J connectivity index is 1.57. The van der Waals surface area contributed by atoms with Crippen molar-refractivity contribution in [3.8, 4) is 0 Å². The van der Waals surface area contributed by atoms with Gasteiger partial charge in [0.2, 0.25) is 0 Å². The lowest BCUT2D eigenvalue weighted by molar-refractivity contribution is 0.0943. The van der Waals surface area contributed by atoms with E-state index in [1.165, 1.54) is 10.8 Å². The summed E-state index contributed by atoms with van der Waals surface area (Å²) >= 11 is 3.36. The molecule has 29 heavy (non-hydrogen) atoms. The molecule has 4 heterocycles. The SMILES string of the molecule is CCn1cc(NC(=O)c2nn3cccnc3c2Br)c(C(=O)NCc2ccco2)n1. The van der Waals surface area contributed by atoms with Crippen LogP contribution in [0.3, 0.4) is 0 Å². The molecule has 0 aliphatic carbocycles. The molecule has 4 rings (SSSR count). The number of amides is 2. The third kappa shape index (κ3) is 3.76. The number of halogens is 1. The van der Waals surface area contributed by atoms with Crippen LogP contribution in [0.5, 0.6) is 0 Å². The topological polar surface area (TPSA) is 119 Å². The zero-order chi connectivity index (χ0) is 20.4. The van der Waals surface area contributed by atoms with E-state index in [0.29, 0.717) is 22.4 Å². The fraction of sp³-hybridized carbons (Fsp3) is 0.167. The minimum atomic E-state index is -0.488. The summed E-state index contributed by atoms with van der Waals surface area (Å²) in [6, 6.07) is 5.20. The van der Waals surface area contributed by atoms with Crippen LogP contribution in [0, 0.1) is 0 Å². The molecular weight excluding hydrogens is 442 g/mol. The molecule has 148 valence electrons. The Kier molecular flexibility index (Phi) is 5.12. The van der Waals surface area contributed by atoms with Gasteiger partial charge in [-0.15, -0.1) is 0 Å². The van der Waals surface area contributed by atoms with Gasteiger partial charge in [0.25, 0.3) is 11.8 Å². The van der Waals surface area contributed by atoms with Crippen LogP contribution in [0.15, 0.2) is 51.9 Å². The normalized spacial score (nSPS) is 11.0. The van der Waals surface area contributed by atoms with Gasteiger partial charge in [-0.25, -0.2) is 9.50 Å². The molecule has 0 unspecified atom stereocenters. The van der Waals surface area contributed by atoms with Crippen LogP contribution in [0.25, 0.3) is 5.65 Å². The number of anilines is 1. The van der Waals surface area contributed by atoms with Crippen LogP contribution in [0.1, 0.15) is 33.7 Å². The molecule has 11 heteroatoms. The number of aromatic nitrogens is 5. The molecule has 0 fully saturated rings. The van der Waals surface area contributed by atoms with E-state index >= 15 is 0 Å². The standard InChI is InChI=1S/C18H16BrN7O3/c1-2-25-10-12(14(23-25)17(27)21-9-11-5-3-8-29-11)22-18(28)15-13(19)16-20-6-4-7-26(16)24-15/h3-8,10H,2,9H2,1H3,(H,21,27)(H,22,28). The Morgan fingerprint density at radius 2 is 2.07 bits per heavy atom. The highest BCUT2D eigenvalue weighted by molar-refractivity contribution is 9.10. The van der Waals surface area contributed by atoms with E-state index in [4.69, 9.17) is 4.42 Å². The first-order valence-electron chi connectivity index (χ1n) is 8.75. The third-order valence-corrected chi connectivity index (χ3v) is 4.84. The van der Waals surface area contributed by atoms with Gasteiger partial charge in [0, 0.05) is 25.1 Å². The Bertz CT molecular complexity index is 1180. The second-order valence-electron chi connectivity index (χ2n) is 6.01. The van der Waals surface area contributed by atoms with E-state index in [-0.39, 0.29) is 23.6 Å². The number of fused-ring (bicyclic) bond motifs is 1. The van der Waals surface area contributed by atoms with Crippen LogP contribution in [-0.2, 0) is 13.1 Å². The summed E-state index contributed by atoms with van der Waals surface area (Å²) in [6.45, 7) is 2.63. The highest BCUT2D eigenvalue weighted by Gasteiger charge is 2.23. The van der Waals surface area contributed by atoms with E-state index in [9.17, 15) is 9.59 Å². The maximum atomic E-state index is 12.8. The summed E-state index contributed by atoms with van der Waals surface area (Å²) in [7, 11) is 0. The van der Waals surface area contributed by atoms with Gasteiger partial charge in [-0.05, 0) is 41.1 Å². The minimum absolute atomic E-state index is 0.102. The number of hydrogen-bond donors (Lipinski definition) is 2. The molecular formula is C18H16BrN7O3. The van der Waals surface area contributed by atoms with Gasteiger partial charge in [-0.1, -0.05) is 0 Å². The fourth-order valence-corrected chi connectivity index (χ4v) is 3.24. The Morgan fingerprint density at radius 1 is 1.21 bits per heavy atom. The van der Waals surface area contributed by atoms with Gasteiger partial charge < -0.3 is 15.1 Å². The molecule has 0 saturated carbocycles. The zero-order valence-electron chi connectivity index (χ0n) is 15.3. The summed E-state index contributed by atoms with van der Waals surface area (Å²) in [4.78, 5) is 29.6. The average molecular weight is 458 g/mol. The number of nitrogens with zero attached hydrogens (tertiary/aromatic N) is 5. The number of carbonyl (C=O) groups is 2. The van der Waals surface area contributed by atoms with Gasteiger partial charge in [-0.3, -0.25) is 14.3 Å². The van der Waals surface area contributed by atoms with Crippen molar-refractivity contribution in [2.45, 2.75) is 20.0 Å². The van der Waals surface area contributed by atoms with Gasteiger partial charge >= 0.3 is 0 Å². The summed E-state index contributed by atoms with van der Waals surface area (Å²) < 4.78 is 8.73. The molecule has 0 radical (unpaired) electrons. The lowest BCUT2D eigenvalue weighted by Gasteiger charge is -2.05. The van der Waals surface area contributed by atoms with E-state index in [0.717, 1.165) is 0 Å². The molecule has 2 N–H and O–H groups in total. The number of aryl methyl sites for hydroxylation is 1. The monoisotopic (exact) mass is 457 g/mol. The molecule has 0 saturated heterocycles. The van der Waals surface area contributed by atoms with Gasteiger partial charge in [0.15, 0.2) is 17.0 Å². The lowest BCUT2D eigenvalue weighted by atomic mass is 10.3. The molecule has 0 spiro atoms. The smallest absolute Gasteiger partial charge is 0.277 e. The van der Waals surface area contributed by atoms with E-state index in [1.807, 2.05) is 6.92 Å². The number of rotatable bonds is 6. The van der Waals surface area contributed by atoms with Crippen molar-refractivity contribution in [3.63, 3.8) is 0 Å². The second kappa shape index (κ2) is 7.87. The molecule has 0 aliphatic rings. The molecule has 0 atom stereocenters. The summed E-state index contributed by atoms with van der Waals surface area (Å²) in [5.41, 5.74) is 1.05. The second-order valence-corrected chi connectivity index (χ2v) is 6.81. The first kappa shape index (κ1) is 18.9. The first-order chi connectivity index (χ1) is 14.1. The lowest BCUT2D eigenvalue weighted by Crippen LogP contribution is -2.25. The molecule has 2 amide bonds. The number of hydrogen-bond acceptors (Lipinski definition) is 6. The quantitative estimate of drug-likeness (QED) is 0.458. The maximum Gasteiger partial charge on any atom is 0.277 e. The van der Waals surface area contributed by atoms with Crippen molar-refractivity contribution < 1.29 is 14.0 Å². The minimum Gasteiger partial charge on any atom is -0.467 e. The number of furan rings is 1. The first-order valence-corrected chi connectivity index (χ1v) is 9.54. The highest BCUT2D eigenvalue weighted by Crippen LogP contribution is 2.22. The molecule has 0 aliphatic heterocycles. The molecule has 0 bridgehead atoms. The van der Waals surface area contributed by atoms with E-state index in [2.05, 4.69) is 41.7 Å². The van der Waals surface area contributed by atoms with E-state index < -0.39 is 11.8 Å². The van der Waals surface area contributed by atoms with Crippen molar-refractivity contribution in [2.75, 3.05) is 5.32 Å². The van der Waals surface area contributed by atoms with E-state index in [1.54, 1.807) is 41.5 Å². The van der Waals surface area contributed by atoms with Crippen LogP contribution < -0.4 is 10.6 Å². The molecule has 10 nitrogen and oxygen atoms in total. The van der Waals surface area contributed by atoms with Crippen molar-refractivity contribution in [3.05, 3.63) is 64.7 Å². The largest absolute Gasteiger partial charge is 0.467 e. The van der Waals surface area contributed by atoms with Crippen LogP contribution in [0.4, 0.5) is 5.69 Å². The zero-order valence-corrected chi connectivity index (χ0v) is 16.9. The fourth-order valence-electron chi connectivity index (χ4n) is 2.69. The predicted molar refractivity (Wildman–Crippen MR) is 106 cm³/mol. The maximum absolute atomic E-state index is 12.8. The summed E-state index contributed by atoms with van der Waals surface area (Å²) in [5, 5.41) is 13.9. The molecule has 0 aromatic carbocycles. The average Bonchev–Trinajstić information content (AvgIpc) is 3.46. The van der Waals surface area contributed by atoms with Gasteiger partial charge in [0.05, 0.1) is 23.0 Å². The predicted octanol–water partition coefficient (Wildman–Crippen LogP) is 2.48. The van der Waals surface area contributed by atoms with Crippen molar-refractivity contribution in [1.82, 2.24) is 29.7 Å². The Labute approximate surface area is 173 Å². The Morgan fingerprint density at radius 3 is 2.79 bits per heavy atom. The van der Waals surface area contributed by atoms with Crippen molar-refractivity contribution in [2.24, 2.45) is 0 Å². The number of carbonyl (C=O) groups excluding carboxylic acids is 2. The highest BCUT2D eigenvalue weighted by atomic mass is 79.9. The van der Waals surface area contributed by atoms with Gasteiger partial charge in [-0.2, -0.15) is 10.2 Å².